The van der Waals surface area contributed by atoms with Crippen molar-refractivity contribution in [1.82, 2.24) is 0 Å². The van der Waals surface area contributed by atoms with Crippen LogP contribution in [0.3, 0.4) is 0 Å². The highest BCUT2D eigenvalue weighted by molar-refractivity contribution is 6.31. The molecule has 0 aliphatic carbocycles. The van der Waals surface area contributed by atoms with Crippen LogP contribution in [-0.2, 0) is 0 Å². The predicted octanol–water partition coefficient (Wildman–Crippen LogP) is 23.4. The smallest absolute Gasteiger partial charge is 0.398 e. The molecule has 5 aromatic rings. The Morgan fingerprint density at radius 2 is 0.330 bits per heavy atom. The largest absolute Gasteiger partial charge is 0.674 e. The molecule has 0 heterocycles. The van der Waals surface area contributed by atoms with E-state index in [2.05, 4.69) is 206 Å². The Morgan fingerprint density at radius 1 is 0.216 bits per heavy atom. The normalized spacial score (nSPS) is 11.1. The van der Waals surface area contributed by atoms with Crippen molar-refractivity contribution in [3.63, 3.8) is 0 Å². The number of benzene rings is 5. The van der Waals surface area contributed by atoms with E-state index in [4.69, 9.17) is 10.0 Å². The Labute approximate surface area is 539 Å². The van der Waals surface area contributed by atoms with Crippen LogP contribution in [0.1, 0.15) is 261 Å². The maximum absolute atomic E-state index is 10.1. The van der Waals surface area contributed by atoms with Crippen LogP contribution < -0.4 is 29.4 Å². The zero-order valence-electron chi connectivity index (χ0n) is 57.4. The monoisotopic (exact) mass is 1210 g/mol. The lowest BCUT2D eigenvalue weighted by Gasteiger charge is -2.31. The van der Waals surface area contributed by atoms with Crippen molar-refractivity contribution in [1.29, 1.82) is 0 Å². The van der Waals surface area contributed by atoms with Gasteiger partial charge in [0, 0.05) is 109 Å². The van der Waals surface area contributed by atoms with E-state index in [-0.39, 0.29) is 0 Å². The lowest BCUT2D eigenvalue weighted by molar-refractivity contribution is 0.340. The van der Waals surface area contributed by atoms with Gasteiger partial charge >= 0.3 is 7.40 Å². The molecule has 0 radical (unpaired) electrons. The molecule has 5 rings (SSSR count). The summed E-state index contributed by atoms with van der Waals surface area (Å²) >= 11 is 0. The van der Waals surface area contributed by atoms with Gasteiger partial charge in [0.2, 0.25) is 0 Å². The molecule has 0 bridgehead atoms. The molecule has 0 aliphatic heterocycles. The topological polar surface area (TPSA) is 59.9 Å². The Bertz CT molecular complexity index is 2050. The molecule has 0 amide bonds. The summed E-state index contributed by atoms with van der Waals surface area (Å²) in [7, 11) is -2.67. The first kappa shape index (κ1) is 75.3. The van der Waals surface area contributed by atoms with Crippen LogP contribution in [0.25, 0.3) is 0 Å². The van der Waals surface area contributed by atoms with Crippen molar-refractivity contribution in [2.24, 2.45) is 0 Å². The molecule has 88 heavy (non-hydrogen) atoms. The van der Waals surface area contributed by atoms with E-state index >= 15 is 0 Å². The average Bonchev–Trinajstić information content (AvgIpc) is 2.46. The second-order valence-electron chi connectivity index (χ2n) is 25.0. The molecule has 0 fully saturated rings. The van der Waals surface area contributed by atoms with E-state index in [1.165, 1.54) is 262 Å². The quantitative estimate of drug-likeness (QED) is 0.0295. The van der Waals surface area contributed by atoms with Crippen molar-refractivity contribution >= 4 is 64.3 Å². The average molecular weight is 1210 g/mol. The van der Waals surface area contributed by atoms with Gasteiger partial charge in [0.1, 0.15) is 0 Å². The lowest BCUT2D eigenvalue weighted by atomic mass is 10.1. The van der Waals surface area contributed by atoms with Gasteiger partial charge in [-0.25, -0.2) is 0 Å². The maximum Gasteiger partial charge on any atom is 0.674 e. The first-order valence-corrected chi connectivity index (χ1v) is 36.3. The first-order valence-electron chi connectivity index (χ1n) is 36.3. The van der Waals surface area contributed by atoms with Crippen LogP contribution in [0.5, 0.6) is 0 Å². The molecule has 0 aliphatic rings. The van der Waals surface area contributed by atoms with Gasteiger partial charge in [-0.3, -0.25) is 4.32 Å². The van der Waals surface area contributed by atoms with Crippen LogP contribution >= 0.6 is 0 Å². The molecule has 0 spiro atoms. The van der Waals surface area contributed by atoms with E-state index < -0.39 is 7.40 Å². The Kier molecular flexibility index (Phi) is 40.8. The fraction of sp³-hybridized carbons (Fsp3) is 0.615. The molecule has 10 heteroatoms. The third-order valence-corrected chi connectivity index (χ3v) is 17.5. The third-order valence-electron chi connectivity index (χ3n) is 17.5. The summed E-state index contributed by atoms with van der Waals surface area (Å²) in [5.41, 5.74) is 12.5. The minimum Gasteiger partial charge on any atom is -0.398 e. The molecule has 2 N–H and O–H groups in total. The minimum atomic E-state index is -2.67. The summed E-state index contributed by atoms with van der Waals surface area (Å²) in [5.74, 6) is 0. The molecule has 0 unspecified atom stereocenters. The summed E-state index contributed by atoms with van der Waals surface area (Å²) in [6.07, 6.45) is 41.1. The second kappa shape index (κ2) is 47.7. The fourth-order valence-electron chi connectivity index (χ4n) is 12.2. The summed E-state index contributed by atoms with van der Waals surface area (Å²) in [5, 5.41) is 13.9. The zero-order valence-corrected chi connectivity index (χ0v) is 57.4. The van der Waals surface area contributed by atoms with E-state index in [9.17, 15) is 4.32 Å². The van der Waals surface area contributed by atoms with Gasteiger partial charge < -0.3 is 39.4 Å². The van der Waals surface area contributed by atoms with Crippen LogP contribution in [0.15, 0.2) is 121 Å². The van der Waals surface area contributed by atoms with Gasteiger partial charge in [0.05, 0.1) is 0 Å². The van der Waals surface area contributed by atoms with E-state index in [0.29, 0.717) is 0 Å². The van der Waals surface area contributed by atoms with E-state index in [1.807, 2.05) is 0 Å². The second-order valence-corrected chi connectivity index (χ2v) is 25.0. The van der Waals surface area contributed by atoms with Gasteiger partial charge in [0.15, 0.2) is 0 Å². The van der Waals surface area contributed by atoms with Crippen molar-refractivity contribution < 1.29 is 14.4 Å². The number of hydrogen-bond acceptors (Lipinski definition) is 8. The number of unbranched alkanes of at least 4 members (excludes halogenated alkanes) is 24. The highest BCUT2D eigenvalue weighted by Gasteiger charge is 2.20. The summed E-state index contributed by atoms with van der Waals surface area (Å²) < 4.78 is 10.1. The highest BCUT2D eigenvalue weighted by Crippen LogP contribution is 2.41. The molecule has 0 saturated carbocycles. The Balaban J connectivity index is 0.00000401. The molecular formula is C78H126BFN6O2. The summed E-state index contributed by atoms with van der Waals surface area (Å²) in [4.78, 5) is 15.7. The van der Waals surface area contributed by atoms with Crippen LogP contribution in [0, 0.1) is 0 Å². The highest BCUT2D eigenvalue weighted by atomic mass is 19.1. The summed E-state index contributed by atoms with van der Waals surface area (Å²) in [6.45, 7) is 27.6. The van der Waals surface area contributed by atoms with Crippen LogP contribution in [0.4, 0.5) is 61.2 Å². The van der Waals surface area contributed by atoms with Crippen molar-refractivity contribution in [3.05, 3.63) is 121 Å². The number of rotatable bonds is 50. The van der Waals surface area contributed by atoms with Crippen molar-refractivity contribution in [2.45, 2.75) is 261 Å². The number of halogens is 1. The van der Waals surface area contributed by atoms with Crippen molar-refractivity contribution in [2.75, 3.05) is 81.8 Å². The van der Waals surface area contributed by atoms with Gasteiger partial charge in [-0.2, -0.15) is 0 Å². The number of anilines is 10. The van der Waals surface area contributed by atoms with E-state index in [0.717, 1.165) is 52.4 Å². The van der Waals surface area contributed by atoms with Gasteiger partial charge in [-0.05, 0) is 173 Å². The number of hydrogen-bond donors (Lipinski definition) is 2. The zero-order chi connectivity index (χ0) is 63.2. The molecule has 0 saturated heterocycles. The SMILES string of the molecule is CCCCCCN(CCCCCC)c1ccc(N(c2ccc(N(CCCCCC)CCCCCC)cc2)c2ccc(N(c3ccc(N(CCCCCC)CCCCCC)cc3)c3ccc(N(CCCCCC)CCCCCC)cc3)cc2)cc1.OB(O)F. The molecule has 8 nitrogen and oxygen atoms in total. The molecule has 490 valence electrons. The predicted molar refractivity (Wildman–Crippen MR) is 389 cm³/mol. The Morgan fingerprint density at radius 3 is 0.443 bits per heavy atom. The number of nitrogens with zero attached hydrogens (tertiary/aromatic N) is 6. The van der Waals surface area contributed by atoms with E-state index in [1.54, 1.807) is 0 Å². The molecule has 0 aromatic heterocycles. The van der Waals surface area contributed by atoms with Gasteiger partial charge in [0.25, 0.3) is 0 Å². The first-order chi connectivity index (χ1) is 43.2. The lowest BCUT2D eigenvalue weighted by Crippen LogP contribution is -2.26. The Hall–Kier alpha value is -5.19. The maximum atomic E-state index is 10.1. The van der Waals surface area contributed by atoms with Crippen molar-refractivity contribution in [3.8, 4) is 0 Å². The molecule has 5 aromatic carbocycles. The van der Waals surface area contributed by atoms with Crippen LogP contribution in [0.2, 0.25) is 0 Å². The third kappa shape index (κ3) is 29.2. The standard InChI is InChI=1S/C78H124N6.BFH2O2/c1-9-17-25-33-61-79(62-34-26-18-10-2)69-41-49-73(50-42-69)83(74-51-43-70(44-52-74)80(63-35-27-19-11-3)64-36-28-20-12-4)77-57-59-78(60-58-77)84(75-53-45-71(46-54-75)81(65-37-29-21-13-5)66-38-30-22-14-6)76-55-47-72(48-56-76)82(67-39-31-23-15-7)68-40-32-24-16-8;2-1(3)4/h41-60H,9-40,61-68H2,1-8H3;3-4H. The fourth-order valence-corrected chi connectivity index (χ4v) is 12.2. The minimum absolute atomic E-state index is 1.13. The molecular weight excluding hydrogens is 1080 g/mol. The van der Waals surface area contributed by atoms with Crippen LogP contribution in [-0.4, -0.2) is 69.8 Å². The van der Waals surface area contributed by atoms with Gasteiger partial charge in [-0.1, -0.05) is 209 Å². The van der Waals surface area contributed by atoms with Gasteiger partial charge in [-0.15, -0.1) is 0 Å². The summed E-state index contributed by atoms with van der Waals surface area (Å²) in [6, 6.07) is 47.8. The molecule has 0 atom stereocenters.